The Labute approximate surface area is 133 Å². The van der Waals surface area contributed by atoms with Crippen molar-refractivity contribution in [2.24, 2.45) is 0 Å². The number of ether oxygens (including phenoxy) is 3. The number of nitrogens with zero attached hydrogens (tertiary/aromatic N) is 3. The van der Waals surface area contributed by atoms with Crippen LogP contribution in [0.15, 0.2) is 12.4 Å². The molecule has 1 atom stereocenters. The maximum absolute atomic E-state index is 12.3. The zero-order valence-corrected chi connectivity index (χ0v) is 13.2. The van der Waals surface area contributed by atoms with Gasteiger partial charge in [-0.15, -0.1) is 0 Å². The summed E-state index contributed by atoms with van der Waals surface area (Å²) in [6.45, 7) is 4.48. The summed E-state index contributed by atoms with van der Waals surface area (Å²) < 4.78 is 16.0. The molecule has 3 heterocycles. The van der Waals surface area contributed by atoms with E-state index in [4.69, 9.17) is 14.2 Å². The summed E-state index contributed by atoms with van der Waals surface area (Å²) in [5, 5.41) is 7.67. The molecular weight excluding hydrogens is 300 g/mol. The first kappa shape index (κ1) is 15.7. The molecule has 23 heavy (non-hydrogen) atoms. The zero-order chi connectivity index (χ0) is 16.2. The molecule has 2 aromatic heterocycles. The van der Waals surface area contributed by atoms with Crippen LogP contribution in [0, 0.1) is 0 Å². The average molecular weight is 320 g/mol. The minimum absolute atomic E-state index is 0.0427. The lowest BCUT2D eigenvalue weighted by Crippen LogP contribution is -2.45. The van der Waals surface area contributed by atoms with Crippen molar-refractivity contribution in [3.05, 3.63) is 18.0 Å². The van der Waals surface area contributed by atoms with E-state index in [1.807, 2.05) is 0 Å². The summed E-state index contributed by atoms with van der Waals surface area (Å²) in [6.07, 6.45) is 3.18. The van der Waals surface area contributed by atoms with Crippen LogP contribution >= 0.6 is 0 Å². The van der Waals surface area contributed by atoms with Crippen LogP contribution in [0.5, 0.6) is 0 Å². The number of pyridine rings is 1. The lowest BCUT2D eigenvalue weighted by atomic mass is 10.1. The number of morpholine rings is 1. The van der Waals surface area contributed by atoms with Gasteiger partial charge in [0.1, 0.15) is 5.56 Å². The quantitative estimate of drug-likeness (QED) is 0.822. The van der Waals surface area contributed by atoms with Crippen LogP contribution < -0.4 is 4.90 Å². The highest BCUT2D eigenvalue weighted by Gasteiger charge is 2.27. The van der Waals surface area contributed by atoms with Gasteiger partial charge in [0.15, 0.2) is 5.65 Å². The summed E-state index contributed by atoms with van der Waals surface area (Å²) in [6, 6.07) is 0. The van der Waals surface area contributed by atoms with Gasteiger partial charge in [0, 0.05) is 26.4 Å². The number of methoxy groups -OCH3 is 1. The molecule has 0 aliphatic carbocycles. The minimum Gasteiger partial charge on any atom is -0.462 e. The number of nitrogens with one attached hydrogen (secondary N) is 1. The molecule has 0 spiro atoms. The largest absolute Gasteiger partial charge is 0.462 e. The molecule has 0 radical (unpaired) electrons. The molecule has 0 saturated carbocycles. The van der Waals surface area contributed by atoms with E-state index in [-0.39, 0.29) is 12.1 Å². The third-order valence-corrected chi connectivity index (χ3v) is 3.76. The van der Waals surface area contributed by atoms with Crippen molar-refractivity contribution in [3.8, 4) is 0 Å². The fourth-order valence-corrected chi connectivity index (χ4v) is 2.79. The first-order valence-electron chi connectivity index (χ1n) is 7.59. The van der Waals surface area contributed by atoms with E-state index >= 15 is 0 Å². The molecule has 8 nitrogen and oxygen atoms in total. The minimum atomic E-state index is -0.382. The number of hydrogen-bond acceptors (Lipinski definition) is 7. The van der Waals surface area contributed by atoms with Crippen molar-refractivity contribution < 1.29 is 19.0 Å². The van der Waals surface area contributed by atoms with Crippen molar-refractivity contribution in [3.63, 3.8) is 0 Å². The Morgan fingerprint density at radius 1 is 1.52 bits per heavy atom. The number of carbonyl (C=O) groups is 1. The van der Waals surface area contributed by atoms with E-state index in [9.17, 15) is 4.79 Å². The predicted octanol–water partition coefficient (Wildman–Crippen LogP) is 0.986. The fraction of sp³-hybridized carbons (Fsp3) is 0.533. The molecule has 0 amide bonds. The Balaban J connectivity index is 2.01. The Kier molecular flexibility index (Phi) is 4.73. The first-order valence-corrected chi connectivity index (χ1v) is 7.59. The third kappa shape index (κ3) is 3.13. The van der Waals surface area contributed by atoms with Crippen LogP contribution in [-0.2, 0) is 14.2 Å². The molecule has 8 heteroatoms. The molecular formula is C15H20N4O4. The van der Waals surface area contributed by atoms with Crippen molar-refractivity contribution in [1.29, 1.82) is 0 Å². The first-order chi connectivity index (χ1) is 11.2. The molecule has 3 rings (SSSR count). The van der Waals surface area contributed by atoms with Crippen LogP contribution in [0.4, 0.5) is 5.69 Å². The molecule has 0 aromatic carbocycles. The monoisotopic (exact) mass is 320 g/mol. The second-order valence-electron chi connectivity index (χ2n) is 5.27. The van der Waals surface area contributed by atoms with E-state index in [2.05, 4.69) is 20.1 Å². The smallest absolute Gasteiger partial charge is 0.341 e. The molecule has 124 valence electrons. The van der Waals surface area contributed by atoms with Gasteiger partial charge in [0.25, 0.3) is 0 Å². The van der Waals surface area contributed by atoms with Gasteiger partial charge in [-0.3, -0.25) is 5.10 Å². The Morgan fingerprint density at radius 2 is 2.39 bits per heavy atom. The number of hydrogen-bond donors (Lipinski definition) is 1. The summed E-state index contributed by atoms with van der Waals surface area (Å²) in [4.78, 5) is 18.7. The highest BCUT2D eigenvalue weighted by atomic mass is 16.5. The maximum Gasteiger partial charge on any atom is 0.341 e. The van der Waals surface area contributed by atoms with Gasteiger partial charge in [-0.1, -0.05) is 0 Å². The van der Waals surface area contributed by atoms with Gasteiger partial charge >= 0.3 is 5.97 Å². The van der Waals surface area contributed by atoms with E-state index in [1.165, 1.54) is 6.20 Å². The van der Waals surface area contributed by atoms with Crippen LogP contribution in [0.1, 0.15) is 17.3 Å². The lowest BCUT2D eigenvalue weighted by molar-refractivity contribution is -0.0100. The van der Waals surface area contributed by atoms with Gasteiger partial charge in [-0.2, -0.15) is 5.10 Å². The average Bonchev–Trinajstić information content (AvgIpc) is 3.03. The van der Waals surface area contributed by atoms with Gasteiger partial charge in [-0.25, -0.2) is 9.78 Å². The van der Waals surface area contributed by atoms with Crippen LogP contribution in [0.3, 0.4) is 0 Å². The number of aromatic amines is 1. The number of rotatable bonds is 5. The van der Waals surface area contributed by atoms with Gasteiger partial charge in [-0.05, 0) is 6.92 Å². The maximum atomic E-state index is 12.3. The lowest BCUT2D eigenvalue weighted by Gasteiger charge is -2.35. The van der Waals surface area contributed by atoms with Crippen molar-refractivity contribution in [1.82, 2.24) is 15.2 Å². The van der Waals surface area contributed by atoms with Crippen LogP contribution in [0.2, 0.25) is 0 Å². The second-order valence-corrected chi connectivity index (χ2v) is 5.27. The number of esters is 1. The van der Waals surface area contributed by atoms with Crippen LogP contribution in [0.25, 0.3) is 11.0 Å². The van der Waals surface area contributed by atoms with Gasteiger partial charge in [0.2, 0.25) is 0 Å². The molecule has 2 aromatic rings. The molecule has 1 N–H and O–H groups in total. The van der Waals surface area contributed by atoms with Crippen molar-refractivity contribution in [2.75, 3.05) is 44.9 Å². The molecule has 0 bridgehead atoms. The second kappa shape index (κ2) is 6.93. The zero-order valence-electron chi connectivity index (χ0n) is 13.2. The standard InChI is InChI=1S/C15H20N4O4/c1-3-22-15(20)12-6-16-14-11(7-17-18-14)13(12)19-4-5-23-10(8-19)9-21-2/h6-7,10H,3-5,8-9H2,1-2H3,(H,16,17,18)/t10-/m0/s1. The normalized spacial score (nSPS) is 18.3. The summed E-state index contributed by atoms with van der Waals surface area (Å²) in [5.74, 6) is -0.382. The van der Waals surface area contributed by atoms with Crippen LogP contribution in [-0.4, -0.2) is 67.3 Å². The summed E-state index contributed by atoms with van der Waals surface area (Å²) in [7, 11) is 1.65. The van der Waals surface area contributed by atoms with Gasteiger partial charge < -0.3 is 19.1 Å². The molecule has 1 fully saturated rings. The number of carbonyl (C=O) groups excluding carboxylic acids is 1. The predicted molar refractivity (Wildman–Crippen MR) is 83.7 cm³/mol. The molecule has 1 saturated heterocycles. The number of aromatic nitrogens is 3. The van der Waals surface area contributed by atoms with Gasteiger partial charge in [0.05, 0.1) is 43.2 Å². The summed E-state index contributed by atoms with van der Waals surface area (Å²) >= 11 is 0. The Hall–Kier alpha value is -2.19. The number of H-pyrrole nitrogens is 1. The third-order valence-electron chi connectivity index (χ3n) is 3.76. The SMILES string of the molecule is CCOC(=O)c1cnc2[nH]ncc2c1N1CCO[C@H](COC)C1. The van der Waals surface area contributed by atoms with Crippen molar-refractivity contribution in [2.45, 2.75) is 13.0 Å². The van der Waals surface area contributed by atoms with E-state index in [0.29, 0.717) is 44.1 Å². The fourth-order valence-electron chi connectivity index (χ4n) is 2.79. The highest BCUT2D eigenvalue weighted by molar-refractivity contribution is 6.04. The summed E-state index contributed by atoms with van der Waals surface area (Å²) in [5.41, 5.74) is 1.87. The Bertz CT molecular complexity index is 685. The van der Waals surface area contributed by atoms with E-state index < -0.39 is 0 Å². The molecule has 1 aliphatic rings. The topological polar surface area (TPSA) is 89.6 Å². The number of fused-ring (bicyclic) bond motifs is 1. The van der Waals surface area contributed by atoms with Crippen molar-refractivity contribution >= 4 is 22.7 Å². The Morgan fingerprint density at radius 3 is 3.17 bits per heavy atom. The molecule has 1 aliphatic heterocycles. The van der Waals surface area contributed by atoms with E-state index in [0.717, 1.165) is 11.1 Å². The number of anilines is 1. The highest BCUT2D eigenvalue weighted by Crippen LogP contribution is 2.30. The van der Waals surface area contributed by atoms with E-state index in [1.54, 1.807) is 20.2 Å². The molecule has 0 unspecified atom stereocenters.